The summed E-state index contributed by atoms with van der Waals surface area (Å²) in [6.07, 6.45) is 0. The lowest BCUT2D eigenvalue weighted by Crippen LogP contribution is -2.15. The van der Waals surface area contributed by atoms with Crippen LogP contribution in [0, 0.1) is 0 Å². The van der Waals surface area contributed by atoms with Crippen LogP contribution in [0.15, 0.2) is 162 Å². The molecule has 2 heteroatoms. The fraction of sp³-hybridized carbons (Fsp3) is 0.0588. The monoisotopic (exact) mass is 692 g/mol. The van der Waals surface area contributed by atoms with Crippen LogP contribution >= 0.6 is 11.3 Å². The molecule has 248 valence electrons. The zero-order chi connectivity index (χ0) is 35.0. The Bertz CT molecular complexity index is 3320. The van der Waals surface area contributed by atoms with Crippen LogP contribution in [0.3, 0.4) is 0 Å². The third-order valence-corrected chi connectivity index (χ3v) is 13.2. The highest BCUT2D eigenvalue weighted by Crippen LogP contribution is 2.58. The number of rotatable bonds is 2. The number of fused-ring (bicyclic) bond motifs is 15. The summed E-state index contributed by atoms with van der Waals surface area (Å²) >= 11 is 1.93. The first-order chi connectivity index (χ1) is 26.1. The van der Waals surface area contributed by atoms with Gasteiger partial charge in [0, 0.05) is 41.7 Å². The molecule has 0 atom stereocenters. The zero-order valence-corrected chi connectivity index (χ0v) is 30.1. The minimum absolute atomic E-state index is 0.154. The summed E-state index contributed by atoms with van der Waals surface area (Å²) in [6.45, 7) is 4.85. The Morgan fingerprint density at radius 1 is 0.434 bits per heavy atom. The summed E-state index contributed by atoms with van der Waals surface area (Å²) in [6, 6.07) is 58.3. The van der Waals surface area contributed by atoms with Gasteiger partial charge in [0.1, 0.15) is 11.2 Å². The second-order valence-corrected chi connectivity index (χ2v) is 16.2. The van der Waals surface area contributed by atoms with Crippen LogP contribution in [0.4, 0.5) is 0 Å². The van der Waals surface area contributed by atoms with Crippen molar-refractivity contribution in [2.75, 3.05) is 0 Å². The van der Waals surface area contributed by atoms with Gasteiger partial charge in [-0.1, -0.05) is 141 Å². The summed E-state index contributed by atoms with van der Waals surface area (Å²) in [5.74, 6) is 0. The van der Waals surface area contributed by atoms with Gasteiger partial charge in [-0.05, 0) is 102 Å². The van der Waals surface area contributed by atoms with Gasteiger partial charge in [0.15, 0.2) is 0 Å². The van der Waals surface area contributed by atoms with Gasteiger partial charge in [-0.15, -0.1) is 11.3 Å². The molecule has 0 aliphatic heterocycles. The van der Waals surface area contributed by atoms with E-state index in [9.17, 15) is 0 Å². The molecule has 12 rings (SSSR count). The zero-order valence-electron chi connectivity index (χ0n) is 29.3. The fourth-order valence-electron chi connectivity index (χ4n) is 9.76. The predicted octanol–water partition coefficient (Wildman–Crippen LogP) is 15.1. The van der Waals surface area contributed by atoms with E-state index in [-0.39, 0.29) is 5.41 Å². The second kappa shape index (κ2) is 10.4. The molecular weight excluding hydrogens is 661 g/mol. The molecule has 0 amide bonds. The highest BCUT2D eigenvalue weighted by atomic mass is 32.1. The van der Waals surface area contributed by atoms with E-state index in [1.807, 2.05) is 17.4 Å². The third-order valence-electron chi connectivity index (χ3n) is 12.0. The van der Waals surface area contributed by atoms with Gasteiger partial charge in [-0.3, -0.25) is 0 Å². The van der Waals surface area contributed by atoms with Gasteiger partial charge in [0.25, 0.3) is 0 Å². The first-order valence-electron chi connectivity index (χ1n) is 18.4. The average Bonchev–Trinajstić information content (AvgIpc) is 3.84. The Hall–Kier alpha value is -6.22. The summed E-state index contributed by atoms with van der Waals surface area (Å²) < 4.78 is 9.15. The first-order valence-corrected chi connectivity index (χ1v) is 19.2. The van der Waals surface area contributed by atoms with Gasteiger partial charge in [-0.25, -0.2) is 0 Å². The van der Waals surface area contributed by atoms with Crippen LogP contribution < -0.4 is 0 Å². The standard InChI is InChI=1S/C51H32OS/c1-51(2)41-26-24-29(27-40(41)47-37-18-7-8-19-38(37)50-48(49(47)51)39-20-10-12-22-44(39)53-50)45-33-14-3-5-16-35(33)46(36-17-6-4-15-34(36)45)30-23-25-32-31-13-9-11-21-42(31)52-43(32)28-30/h3-28H,1-2H3. The van der Waals surface area contributed by atoms with E-state index in [0.29, 0.717) is 0 Å². The molecule has 1 aliphatic rings. The summed E-state index contributed by atoms with van der Waals surface area (Å²) in [5.41, 5.74) is 12.2. The van der Waals surface area contributed by atoms with Gasteiger partial charge >= 0.3 is 0 Å². The Labute approximate surface area is 310 Å². The van der Waals surface area contributed by atoms with Crippen LogP contribution in [0.25, 0.3) is 108 Å². The molecule has 53 heavy (non-hydrogen) atoms. The number of benzene rings is 9. The van der Waals surface area contributed by atoms with Crippen LogP contribution in [-0.4, -0.2) is 0 Å². The lowest BCUT2D eigenvalue weighted by molar-refractivity contribution is 0.667. The molecule has 1 aliphatic carbocycles. The molecule has 1 nitrogen and oxygen atoms in total. The topological polar surface area (TPSA) is 13.1 Å². The molecule has 0 bridgehead atoms. The maximum atomic E-state index is 6.40. The number of furan rings is 1. The van der Waals surface area contributed by atoms with Crippen molar-refractivity contribution in [2.45, 2.75) is 19.3 Å². The Balaban J connectivity index is 1.15. The van der Waals surface area contributed by atoms with Gasteiger partial charge < -0.3 is 4.42 Å². The summed E-state index contributed by atoms with van der Waals surface area (Å²) in [5, 5.41) is 12.8. The van der Waals surface area contributed by atoms with Crippen LogP contribution in [0.5, 0.6) is 0 Å². The Morgan fingerprint density at radius 2 is 0.943 bits per heavy atom. The molecule has 9 aromatic carbocycles. The molecule has 0 N–H and O–H groups in total. The van der Waals surface area contributed by atoms with Crippen molar-refractivity contribution in [3.05, 3.63) is 169 Å². The molecular formula is C51H32OS. The maximum absolute atomic E-state index is 6.40. The van der Waals surface area contributed by atoms with E-state index in [2.05, 4.69) is 166 Å². The van der Waals surface area contributed by atoms with E-state index < -0.39 is 0 Å². The van der Waals surface area contributed by atoms with E-state index in [0.717, 1.165) is 21.9 Å². The van der Waals surface area contributed by atoms with Crippen molar-refractivity contribution in [1.29, 1.82) is 0 Å². The number of thiophene rings is 1. The van der Waals surface area contributed by atoms with Crippen molar-refractivity contribution in [3.63, 3.8) is 0 Å². The third kappa shape index (κ3) is 3.86. The predicted molar refractivity (Wildman–Crippen MR) is 228 cm³/mol. The smallest absolute Gasteiger partial charge is 0.136 e. The lowest BCUT2D eigenvalue weighted by atomic mass is 9.79. The number of hydrogen-bond acceptors (Lipinski definition) is 2. The molecule has 0 saturated carbocycles. The van der Waals surface area contributed by atoms with E-state index in [1.165, 1.54) is 97.0 Å². The van der Waals surface area contributed by atoms with Crippen molar-refractivity contribution in [2.24, 2.45) is 0 Å². The SMILES string of the molecule is CC1(C)c2ccc(-c3c4ccccc4c(-c4ccc5c(c4)oc4ccccc45)c4ccccc34)cc2-c2c1c1c3ccccc3sc1c1ccccc21. The summed E-state index contributed by atoms with van der Waals surface area (Å²) in [4.78, 5) is 0. The molecule has 11 aromatic rings. The lowest BCUT2D eigenvalue weighted by Gasteiger charge is -2.23. The normalized spacial score (nSPS) is 13.6. The van der Waals surface area contributed by atoms with E-state index in [1.54, 1.807) is 0 Å². The number of para-hydroxylation sites is 1. The minimum Gasteiger partial charge on any atom is -0.456 e. The average molecular weight is 693 g/mol. The van der Waals surface area contributed by atoms with Crippen LogP contribution in [-0.2, 0) is 5.41 Å². The van der Waals surface area contributed by atoms with Crippen LogP contribution in [0.1, 0.15) is 25.0 Å². The molecule has 2 heterocycles. The molecule has 0 saturated heterocycles. The molecule has 0 spiro atoms. The Kier molecular flexibility index (Phi) is 5.78. The number of hydrogen-bond donors (Lipinski definition) is 0. The van der Waals surface area contributed by atoms with Crippen molar-refractivity contribution in [3.8, 4) is 33.4 Å². The molecule has 0 radical (unpaired) electrons. The molecule has 0 unspecified atom stereocenters. The largest absolute Gasteiger partial charge is 0.456 e. The van der Waals surface area contributed by atoms with Crippen molar-refractivity contribution < 1.29 is 4.42 Å². The second-order valence-electron chi connectivity index (χ2n) is 15.1. The van der Waals surface area contributed by atoms with Crippen LogP contribution in [0.2, 0.25) is 0 Å². The van der Waals surface area contributed by atoms with Crippen molar-refractivity contribution >= 4 is 85.8 Å². The highest BCUT2D eigenvalue weighted by Gasteiger charge is 2.39. The molecule has 2 aromatic heterocycles. The summed E-state index contributed by atoms with van der Waals surface area (Å²) in [7, 11) is 0. The van der Waals surface area contributed by atoms with Crippen molar-refractivity contribution in [1.82, 2.24) is 0 Å². The maximum Gasteiger partial charge on any atom is 0.136 e. The van der Waals surface area contributed by atoms with Gasteiger partial charge in [0.2, 0.25) is 0 Å². The minimum atomic E-state index is -0.154. The van der Waals surface area contributed by atoms with E-state index in [4.69, 9.17) is 4.42 Å². The van der Waals surface area contributed by atoms with Gasteiger partial charge in [-0.2, -0.15) is 0 Å². The van der Waals surface area contributed by atoms with Gasteiger partial charge in [0.05, 0.1) is 0 Å². The fourth-order valence-corrected chi connectivity index (χ4v) is 11.0. The van der Waals surface area contributed by atoms with E-state index >= 15 is 0 Å². The first kappa shape index (κ1) is 29.4. The molecule has 0 fully saturated rings. The quantitative estimate of drug-likeness (QED) is 0.164. The highest BCUT2D eigenvalue weighted by molar-refractivity contribution is 7.26. The Morgan fingerprint density at radius 3 is 1.62 bits per heavy atom.